The quantitative estimate of drug-likeness (QED) is 0.807. The van der Waals surface area contributed by atoms with Crippen LogP contribution in [0, 0.1) is 0 Å². The molecule has 1 aromatic heterocycles. The number of aromatic nitrogens is 1. The first-order chi connectivity index (χ1) is 9.15. The summed E-state index contributed by atoms with van der Waals surface area (Å²) in [5, 5.41) is 8.93. The number of fused-ring (bicyclic) bond motifs is 1. The van der Waals surface area contributed by atoms with E-state index < -0.39 is 5.97 Å². The number of carboxylic acids is 1. The lowest BCUT2D eigenvalue weighted by molar-refractivity contribution is 0.0697. The Labute approximate surface area is 110 Å². The number of aromatic carboxylic acids is 1. The van der Waals surface area contributed by atoms with E-state index in [2.05, 4.69) is 18.1 Å². The molecule has 0 amide bonds. The monoisotopic (exact) mass is 258 g/mol. The minimum atomic E-state index is -0.992. The first kappa shape index (κ1) is 12.9. The van der Waals surface area contributed by atoms with Crippen LogP contribution in [0.25, 0.3) is 11.1 Å². The Morgan fingerprint density at radius 1 is 1.37 bits per heavy atom. The maximum atomic E-state index is 10.9. The van der Waals surface area contributed by atoms with Gasteiger partial charge in [-0.05, 0) is 18.2 Å². The fraction of sp³-hybridized carbons (Fsp3) is 0.143. The molecule has 0 unspecified atom stereocenters. The maximum Gasteiger partial charge on any atom is 0.335 e. The lowest BCUT2D eigenvalue weighted by Crippen LogP contribution is -2.23. The van der Waals surface area contributed by atoms with Gasteiger partial charge < -0.3 is 14.4 Å². The van der Waals surface area contributed by atoms with Crippen molar-refractivity contribution in [2.24, 2.45) is 0 Å². The van der Waals surface area contributed by atoms with E-state index >= 15 is 0 Å². The fourth-order valence-corrected chi connectivity index (χ4v) is 1.72. The van der Waals surface area contributed by atoms with Crippen LogP contribution in [0.3, 0.4) is 0 Å². The molecule has 0 aliphatic carbocycles. The summed E-state index contributed by atoms with van der Waals surface area (Å²) in [4.78, 5) is 17.1. The van der Waals surface area contributed by atoms with Crippen molar-refractivity contribution < 1.29 is 14.3 Å². The van der Waals surface area contributed by atoms with Crippen LogP contribution in [0.4, 0.5) is 6.01 Å². The second kappa shape index (κ2) is 5.39. The summed E-state index contributed by atoms with van der Waals surface area (Å²) in [6.07, 6.45) is 3.47. The van der Waals surface area contributed by atoms with Gasteiger partial charge in [0.2, 0.25) is 0 Å². The highest BCUT2D eigenvalue weighted by atomic mass is 16.4. The summed E-state index contributed by atoms with van der Waals surface area (Å²) < 4.78 is 5.58. The minimum Gasteiger partial charge on any atom is -0.478 e. The largest absolute Gasteiger partial charge is 0.478 e. The van der Waals surface area contributed by atoms with Gasteiger partial charge in [-0.15, -0.1) is 13.2 Å². The smallest absolute Gasteiger partial charge is 0.335 e. The summed E-state index contributed by atoms with van der Waals surface area (Å²) in [7, 11) is 0. The van der Waals surface area contributed by atoms with Gasteiger partial charge in [-0.1, -0.05) is 12.2 Å². The molecule has 1 heterocycles. The van der Waals surface area contributed by atoms with Gasteiger partial charge in [0, 0.05) is 13.1 Å². The van der Waals surface area contributed by atoms with Crippen molar-refractivity contribution in [3.05, 3.63) is 49.1 Å². The fourth-order valence-electron chi connectivity index (χ4n) is 1.72. The first-order valence-electron chi connectivity index (χ1n) is 5.76. The Bertz CT molecular complexity index is 621. The van der Waals surface area contributed by atoms with Crippen molar-refractivity contribution >= 4 is 23.1 Å². The number of nitrogens with zero attached hydrogens (tertiary/aromatic N) is 2. The van der Waals surface area contributed by atoms with Gasteiger partial charge in [-0.2, -0.15) is 4.98 Å². The highest BCUT2D eigenvalue weighted by molar-refractivity contribution is 5.92. The molecule has 2 rings (SSSR count). The number of hydrogen-bond acceptors (Lipinski definition) is 4. The highest BCUT2D eigenvalue weighted by Gasteiger charge is 2.13. The molecule has 5 nitrogen and oxygen atoms in total. The third kappa shape index (κ3) is 2.65. The van der Waals surface area contributed by atoms with Gasteiger partial charge in [0.05, 0.1) is 5.56 Å². The van der Waals surface area contributed by atoms with Crippen molar-refractivity contribution in [1.82, 2.24) is 4.98 Å². The van der Waals surface area contributed by atoms with Crippen LogP contribution in [0.5, 0.6) is 0 Å². The van der Waals surface area contributed by atoms with Crippen molar-refractivity contribution in [3.8, 4) is 0 Å². The summed E-state index contributed by atoms with van der Waals surface area (Å²) in [6, 6.07) is 5.03. The van der Waals surface area contributed by atoms with Crippen LogP contribution < -0.4 is 4.90 Å². The molecule has 0 aliphatic heterocycles. The Kier molecular flexibility index (Phi) is 3.66. The van der Waals surface area contributed by atoms with Crippen molar-refractivity contribution in [2.75, 3.05) is 18.0 Å². The van der Waals surface area contributed by atoms with Gasteiger partial charge in [0.15, 0.2) is 5.58 Å². The van der Waals surface area contributed by atoms with Gasteiger partial charge in [0.25, 0.3) is 6.01 Å². The summed E-state index contributed by atoms with van der Waals surface area (Å²) in [6.45, 7) is 8.50. The lowest BCUT2D eigenvalue weighted by atomic mass is 10.2. The molecule has 2 aromatic rings. The van der Waals surface area contributed by atoms with Gasteiger partial charge in [-0.25, -0.2) is 4.79 Å². The molecule has 0 atom stereocenters. The molecule has 98 valence electrons. The molecular weight excluding hydrogens is 244 g/mol. The molecule has 0 aliphatic rings. The number of carbonyl (C=O) groups is 1. The van der Waals surface area contributed by atoms with Crippen molar-refractivity contribution in [3.63, 3.8) is 0 Å². The molecule has 1 aromatic carbocycles. The summed E-state index contributed by atoms with van der Waals surface area (Å²) >= 11 is 0. The van der Waals surface area contributed by atoms with Crippen LogP contribution in [0.1, 0.15) is 10.4 Å². The van der Waals surface area contributed by atoms with E-state index in [0.29, 0.717) is 30.2 Å². The highest BCUT2D eigenvalue weighted by Crippen LogP contribution is 2.23. The molecule has 5 heteroatoms. The number of anilines is 1. The van der Waals surface area contributed by atoms with Gasteiger partial charge in [0.1, 0.15) is 5.52 Å². The van der Waals surface area contributed by atoms with Gasteiger partial charge in [-0.3, -0.25) is 0 Å². The number of carboxylic acid groups (broad SMARTS) is 1. The zero-order valence-electron chi connectivity index (χ0n) is 10.4. The Morgan fingerprint density at radius 2 is 2.05 bits per heavy atom. The van der Waals surface area contributed by atoms with Crippen LogP contribution in [0.15, 0.2) is 47.9 Å². The Morgan fingerprint density at radius 3 is 2.63 bits per heavy atom. The third-order valence-electron chi connectivity index (χ3n) is 2.59. The maximum absolute atomic E-state index is 10.9. The molecule has 0 bridgehead atoms. The van der Waals surface area contributed by atoms with E-state index in [-0.39, 0.29) is 5.56 Å². The van der Waals surface area contributed by atoms with Crippen LogP contribution >= 0.6 is 0 Å². The average Bonchev–Trinajstić information content (AvgIpc) is 2.80. The Hall–Kier alpha value is -2.56. The predicted octanol–water partition coefficient (Wildman–Crippen LogP) is 2.70. The molecule has 0 spiro atoms. The summed E-state index contributed by atoms with van der Waals surface area (Å²) in [5.41, 5.74) is 1.25. The molecule has 19 heavy (non-hydrogen) atoms. The topological polar surface area (TPSA) is 66.6 Å². The normalized spacial score (nSPS) is 10.3. The van der Waals surface area contributed by atoms with Crippen LogP contribution in [-0.2, 0) is 0 Å². The van der Waals surface area contributed by atoms with Crippen LogP contribution in [0.2, 0.25) is 0 Å². The number of hydrogen-bond donors (Lipinski definition) is 1. The van der Waals surface area contributed by atoms with E-state index in [1.807, 2.05) is 4.90 Å². The van der Waals surface area contributed by atoms with E-state index in [0.717, 1.165) is 0 Å². The van der Waals surface area contributed by atoms with E-state index in [1.165, 1.54) is 12.1 Å². The van der Waals surface area contributed by atoms with E-state index in [9.17, 15) is 4.79 Å². The van der Waals surface area contributed by atoms with Crippen molar-refractivity contribution in [1.29, 1.82) is 0 Å². The minimum absolute atomic E-state index is 0.175. The standard InChI is InChI=1S/C14H14N2O3/c1-3-7-16(8-4-2)14-15-11-6-5-10(13(17)18)9-12(11)19-14/h3-6,9H,1-2,7-8H2,(H,17,18). The zero-order chi connectivity index (χ0) is 13.8. The molecular formula is C14H14N2O3. The molecule has 0 saturated carbocycles. The second-order valence-electron chi connectivity index (χ2n) is 3.97. The Balaban J connectivity index is 2.41. The third-order valence-corrected chi connectivity index (χ3v) is 2.59. The number of oxazole rings is 1. The predicted molar refractivity (Wildman–Crippen MR) is 73.6 cm³/mol. The second-order valence-corrected chi connectivity index (χ2v) is 3.97. The molecule has 0 fully saturated rings. The molecule has 1 N–H and O–H groups in total. The van der Waals surface area contributed by atoms with Crippen molar-refractivity contribution in [2.45, 2.75) is 0 Å². The first-order valence-corrected chi connectivity index (χ1v) is 5.76. The van der Waals surface area contributed by atoms with E-state index in [4.69, 9.17) is 9.52 Å². The van der Waals surface area contributed by atoms with E-state index in [1.54, 1.807) is 18.2 Å². The van der Waals surface area contributed by atoms with Crippen LogP contribution in [-0.4, -0.2) is 29.1 Å². The molecule has 0 radical (unpaired) electrons. The average molecular weight is 258 g/mol. The summed E-state index contributed by atoms with van der Waals surface area (Å²) in [5.74, 6) is -0.992. The lowest BCUT2D eigenvalue weighted by Gasteiger charge is -2.15. The number of rotatable bonds is 6. The zero-order valence-corrected chi connectivity index (χ0v) is 10.4. The number of benzene rings is 1. The molecule has 0 saturated heterocycles. The van der Waals surface area contributed by atoms with Gasteiger partial charge >= 0.3 is 5.97 Å². The SMILES string of the molecule is C=CCN(CC=C)c1nc2ccc(C(=O)O)cc2o1.